The van der Waals surface area contributed by atoms with E-state index < -0.39 is 0 Å². The van der Waals surface area contributed by atoms with E-state index in [0.717, 1.165) is 42.5 Å². The van der Waals surface area contributed by atoms with Crippen molar-refractivity contribution in [3.05, 3.63) is 22.8 Å². The Balaban J connectivity index is 2.89. The topological polar surface area (TPSA) is 28.2 Å². The van der Waals surface area contributed by atoms with Gasteiger partial charge in [-0.2, -0.15) is 0 Å². The number of hydrogen-bond acceptors (Lipinski definition) is 3. The van der Waals surface area contributed by atoms with Gasteiger partial charge in [-0.3, -0.25) is 0 Å². The van der Waals surface area contributed by atoms with Gasteiger partial charge in [0.2, 0.25) is 0 Å². The van der Waals surface area contributed by atoms with Crippen molar-refractivity contribution >= 4 is 17.4 Å². The highest BCUT2D eigenvalue weighted by molar-refractivity contribution is 6.33. The van der Waals surface area contributed by atoms with Crippen molar-refractivity contribution in [2.45, 2.75) is 59.5 Å². The van der Waals surface area contributed by atoms with Crippen LogP contribution in [-0.2, 0) is 6.54 Å². The Morgan fingerprint density at radius 2 is 2.10 bits per heavy atom. The van der Waals surface area contributed by atoms with Gasteiger partial charge in [-0.15, -0.1) is 0 Å². The molecule has 1 unspecified atom stereocenters. The van der Waals surface area contributed by atoms with Crippen LogP contribution in [0.15, 0.2) is 12.3 Å². The predicted molar refractivity (Wildman–Crippen MR) is 88.6 cm³/mol. The average molecular weight is 298 g/mol. The number of pyridine rings is 1. The van der Waals surface area contributed by atoms with Gasteiger partial charge >= 0.3 is 0 Å². The third kappa shape index (κ3) is 4.95. The molecule has 1 atom stereocenters. The molecule has 0 aliphatic carbocycles. The first-order valence-corrected chi connectivity index (χ1v) is 8.13. The highest BCUT2D eigenvalue weighted by Gasteiger charge is 2.17. The van der Waals surface area contributed by atoms with Crippen LogP contribution < -0.4 is 10.2 Å². The molecule has 1 rings (SSSR count). The third-order valence-corrected chi connectivity index (χ3v) is 3.88. The molecule has 4 heteroatoms. The van der Waals surface area contributed by atoms with Gasteiger partial charge in [0.05, 0.1) is 5.02 Å². The standard InChI is InChI=1S/C16H28ClN3/c1-5-8-9-20(13(4)6-2)16-15(17)10-14(12-19-16)11-18-7-3/h10,12-13,18H,5-9,11H2,1-4H3. The molecule has 114 valence electrons. The Hall–Kier alpha value is -0.800. The maximum Gasteiger partial charge on any atom is 0.147 e. The molecule has 1 heterocycles. The first kappa shape index (κ1) is 17.3. The number of rotatable bonds is 9. The van der Waals surface area contributed by atoms with Crippen LogP contribution in [0.2, 0.25) is 5.02 Å². The number of halogens is 1. The number of nitrogens with one attached hydrogen (secondary N) is 1. The van der Waals surface area contributed by atoms with E-state index in [9.17, 15) is 0 Å². The highest BCUT2D eigenvalue weighted by Crippen LogP contribution is 2.27. The van der Waals surface area contributed by atoms with E-state index in [0.29, 0.717) is 6.04 Å². The Labute approximate surface area is 128 Å². The Kier molecular flexibility index (Phi) is 7.93. The molecular formula is C16H28ClN3. The number of anilines is 1. The summed E-state index contributed by atoms with van der Waals surface area (Å²) in [4.78, 5) is 6.94. The third-order valence-electron chi connectivity index (χ3n) is 3.61. The summed E-state index contributed by atoms with van der Waals surface area (Å²) in [6, 6.07) is 2.50. The number of unbranched alkanes of at least 4 members (excludes halogenated alkanes) is 1. The lowest BCUT2D eigenvalue weighted by Crippen LogP contribution is -2.34. The second-order valence-corrected chi connectivity index (χ2v) is 5.64. The second kappa shape index (κ2) is 9.19. The summed E-state index contributed by atoms with van der Waals surface area (Å²) in [6.07, 6.45) is 5.39. The fraction of sp³-hybridized carbons (Fsp3) is 0.688. The highest BCUT2D eigenvalue weighted by atomic mass is 35.5. The number of nitrogens with zero attached hydrogens (tertiary/aromatic N) is 2. The average Bonchev–Trinajstić information content (AvgIpc) is 2.46. The fourth-order valence-electron chi connectivity index (χ4n) is 2.13. The van der Waals surface area contributed by atoms with E-state index in [1.807, 2.05) is 12.3 Å². The van der Waals surface area contributed by atoms with Crippen LogP contribution in [0.25, 0.3) is 0 Å². The molecule has 0 saturated heterocycles. The molecule has 1 aromatic rings. The molecule has 0 aromatic carbocycles. The first-order valence-electron chi connectivity index (χ1n) is 7.75. The van der Waals surface area contributed by atoms with Crippen molar-refractivity contribution in [3.63, 3.8) is 0 Å². The van der Waals surface area contributed by atoms with Crippen LogP contribution in [0.3, 0.4) is 0 Å². The summed E-state index contributed by atoms with van der Waals surface area (Å²) >= 11 is 6.45. The lowest BCUT2D eigenvalue weighted by atomic mass is 10.2. The minimum Gasteiger partial charge on any atom is -0.353 e. The minimum atomic E-state index is 0.464. The number of hydrogen-bond donors (Lipinski definition) is 1. The van der Waals surface area contributed by atoms with Gasteiger partial charge in [-0.05, 0) is 37.9 Å². The maximum absolute atomic E-state index is 6.45. The van der Waals surface area contributed by atoms with Crippen LogP contribution in [0.1, 0.15) is 52.5 Å². The lowest BCUT2D eigenvalue weighted by molar-refractivity contribution is 0.589. The van der Waals surface area contributed by atoms with E-state index >= 15 is 0 Å². The molecule has 1 N–H and O–H groups in total. The maximum atomic E-state index is 6.45. The van der Waals surface area contributed by atoms with E-state index in [4.69, 9.17) is 11.6 Å². The Morgan fingerprint density at radius 3 is 2.65 bits per heavy atom. The second-order valence-electron chi connectivity index (χ2n) is 5.23. The van der Waals surface area contributed by atoms with Crippen LogP contribution in [0.5, 0.6) is 0 Å². The number of aromatic nitrogens is 1. The quantitative estimate of drug-likeness (QED) is 0.738. The van der Waals surface area contributed by atoms with E-state index in [1.54, 1.807) is 0 Å². The normalized spacial score (nSPS) is 12.4. The predicted octanol–water partition coefficient (Wildman–Crippen LogP) is 4.25. The van der Waals surface area contributed by atoms with Crippen molar-refractivity contribution < 1.29 is 0 Å². The summed E-state index contributed by atoms with van der Waals surface area (Å²) in [5.41, 5.74) is 1.14. The van der Waals surface area contributed by atoms with Gasteiger partial charge in [-0.25, -0.2) is 4.98 Å². The molecule has 0 fully saturated rings. The van der Waals surface area contributed by atoms with Crippen LogP contribution in [-0.4, -0.2) is 24.1 Å². The van der Waals surface area contributed by atoms with Crippen molar-refractivity contribution in [2.75, 3.05) is 18.0 Å². The summed E-state index contributed by atoms with van der Waals surface area (Å²) in [6.45, 7) is 11.5. The molecule has 0 aliphatic heterocycles. The van der Waals surface area contributed by atoms with E-state index in [2.05, 4.69) is 42.9 Å². The zero-order valence-electron chi connectivity index (χ0n) is 13.2. The summed E-state index contributed by atoms with van der Waals surface area (Å²) in [7, 11) is 0. The first-order chi connectivity index (χ1) is 9.63. The molecule has 0 amide bonds. The summed E-state index contributed by atoms with van der Waals surface area (Å²) in [5.74, 6) is 0.926. The lowest BCUT2D eigenvalue weighted by Gasteiger charge is -2.30. The Bertz CT molecular complexity index is 395. The zero-order valence-corrected chi connectivity index (χ0v) is 14.0. The Morgan fingerprint density at radius 1 is 1.35 bits per heavy atom. The molecule has 0 spiro atoms. The molecule has 20 heavy (non-hydrogen) atoms. The van der Waals surface area contributed by atoms with Crippen LogP contribution >= 0.6 is 11.6 Å². The molecule has 0 bridgehead atoms. The van der Waals surface area contributed by atoms with Crippen LogP contribution in [0, 0.1) is 0 Å². The van der Waals surface area contributed by atoms with Crippen molar-refractivity contribution in [1.82, 2.24) is 10.3 Å². The van der Waals surface area contributed by atoms with Gasteiger partial charge in [-0.1, -0.05) is 38.8 Å². The van der Waals surface area contributed by atoms with Gasteiger partial charge in [0.1, 0.15) is 5.82 Å². The minimum absolute atomic E-state index is 0.464. The largest absolute Gasteiger partial charge is 0.353 e. The summed E-state index contributed by atoms with van der Waals surface area (Å²) in [5, 5.41) is 4.06. The molecule has 0 saturated carbocycles. The van der Waals surface area contributed by atoms with Gasteiger partial charge in [0.25, 0.3) is 0 Å². The van der Waals surface area contributed by atoms with Crippen molar-refractivity contribution in [1.29, 1.82) is 0 Å². The van der Waals surface area contributed by atoms with Gasteiger partial charge in [0.15, 0.2) is 0 Å². The molecule has 0 radical (unpaired) electrons. The molecule has 0 aliphatic rings. The van der Waals surface area contributed by atoms with E-state index in [1.165, 1.54) is 12.8 Å². The zero-order chi connectivity index (χ0) is 15.0. The van der Waals surface area contributed by atoms with Crippen LogP contribution in [0.4, 0.5) is 5.82 Å². The fourth-order valence-corrected chi connectivity index (χ4v) is 2.43. The van der Waals surface area contributed by atoms with E-state index in [-0.39, 0.29) is 0 Å². The van der Waals surface area contributed by atoms with Crippen molar-refractivity contribution in [3.8, 4) is 0 Å². The van der Waals surface area contributed by atoms with Gasteiger partial charge < -0.3 is 10.2 Å². The monoisotopic (exact) mass is 297 g/mol. The molecular weight excluding hydrogens is 270 g/mol. The van der Waals surface area contributed by atoms with Crippen molar-refractivity contribution in [2.24, 2.45) is 0 Å². The smallest absolute Gasteiger partial charge is 0.147 e. The SMILES string of the molecule is CCCCN(c1ncc(CNCC)cc1Cl)C(C)CC. The molecule has 1 aromatic heterocycles. The molecule has 3 nitrogen and oxygen atoms in total. The summed E-state index contributed by atoms with van der Waals surface area (Å²) < 4.78 is 0. The van der Waals surface area contributed by atoms with Gasteiger partial charge in [0, 0.05) is 25.3 Å².